The van der Waals surface area contributed by atoms with Gasteiger partial charge in [0.1, 0.15) is 5.75 Å². The predicted molar refractivity (Wildman–Crippen MR) is 81.6 cm³/mol. The zero-order valence-corrected chi connectivity index (χ0v) is 13.2. The minimum Gasteiger partial charge on any atom is -0.497 e. The molecule has 0 atom stereocenters. The van der Waals surface area contributed by atoms with Crippen LogP contribution in [-0.4, -0.2) is 28.2 Å². The molecule has 0 bridgehead atoms. The van der Waals surface area contributed by atoms with Crippen LogP contribution in [0.5, 0.6) is 5.75 Å². The van der Waals surface area contributed by atoms with E-state index in [1.165, 1.54) is 11.8 Å². The number of benzene rings is 1. The monoisotopic (exact) mass is 342 g/mol. The van der Waals surface area contributed by atoms with Gasteiger partial charge >= 0.3 is 0 Å². The Morgan fingerprint density at radius 1 is 1.47 bits per heavy atom. The van der Waals surface area contributed by atoms with Crippen molar-refractivity contribution in [3.05, 3.63) is 42.2 Å². The molecule has 2 aromatic rings. The number of ketones is 1. The van der Waals surface area contributed by atoms with Crippen molar-refractivity contribution >= 4 is 34.5 Å². The van der Waals surface area contributed by atoms with E-state index in [1.54, 1.807) is 25.4 Å². The smallest absolute Gasteiger partial charge is 0.173 e. The summed E-state index contributed by atoms with van der Waals surface area (Å²) < 4.78 is 6.99. The van der Waals surface area contributed by atoms with E-state index in [2.05, 4.69) is 4.98 Å². The Morgan fingerprint density at radius 3 is 2.89 bits per heavy atom. The number of rotatable bonds is 5. The minimum atomic E-state index is 0. The quantitative estimate of drug-likeness (QED) is 0.618. The van der Waals surface area contributed by atoms with Gasteiger partial charge in [0.25, 0.3) is 0 Å². The van der Waals surface area contributed by atoms with Crippen molar-refractivity contribution in [2.24, 2.45) is 7.05 Å². The van der Waals surface area contributed by atoms with Crippen LogP contribution in [0.3, 0.4) is 0 Å². The van der Waals surface area contributed by atoms with Crippen LogP contribution in [0.4, 0.5) is 0 Å². The Hall–Kier alpha value is -1.27. The number of halogens is 1. The molecule has 0 amide bonds. The molecule has 0 fully saturated rings. The molecule has 0 aliphatic rings. The first kappa shape index (κ1) is 15.8. The topological polar surface area (TPSA) is 44.1 Å². The molecule has 1 aromatic heterocycles. The van der Waals surface area contributed by atoms with E-state index in [0.717, 1.165) is 5.16 Å². The number of hydrogen-bond donors (Lipinski definition) is 0. The summed E-state index contributed by atoms with van der Waals surface area (Å²) in [5, 5.41) is 0.839. The summed E-state index contributed by atoms with van der Waals surface area (Å²) in [6.07, 6.45) is 3.58. The van der Waals surface area contributed by atoms with E-state index in [1.807, 2.05) is 29.9 Å². The van der Waals surface area contributed by atoms with Crippen molar-refractivity contribution in [3.8, 4) is 5.75 Å². The number of thioether (sulfide) groups is 1. The van der Waals surface area contributed by atoms with Gasteiger partial charge in [0.2, 0.25) is 0 Å². The molecule has 0 unspecified atom stereocenters. The van der Waals surface area contributed by atoms with E-state index in [9.17, 15) is 4.79 Å². The average Bonchev–Trinajstić information content (AvgIpc) is 2.81. The largest absolute Gasteiger partial charge is 0.497 e. The molecule has 2 rings (SSSR count). The number of aryl methyl sites for hydroxylation is 1. The van der Waals surface area contributed by atoms with Gasteiger partial charge in [-0.05, 0) is 12.1 Å². The highest BCUT2D eigenvalue weighted by Gasteiger charge is 2.09. The summed E-state index contributed by atoms with van der Waals surface area (Å²) in [5.41, 5.74) is 0.663. The maximum atomic E-state index is 12.0. The SMILES string of the molecule is Br.COc1cccc(C(=O)CSc2nccn2C)c1. The first-order valence-corrected chi connectivity index (χ1v) is 6.46. The van der Waals surface area contributed by atoms with Gasteiger partial charge < -0.3 is 9.30 Å². The average molecular weight is 343 g/mol. The van der Waals surface area contributed by atoms with Gasteiger partial charge in [0.05, 0.1) is 12.9 Å². The number of hydrogen-bond acceptors (Lipinski definition) is 4. The summed E-state index contributed by atoms with van der Waals surface area (Å²) >= 11 is 1.43. The van der Waals surface area contributed by atoms with Crippen LogP contribution in [-0.2, 0) is 7.05 Å². The summed E-state index contributed by atoms with van der Waals surface area (Å²) in [6, 6.07) is 7.19. The van der Waals surface area contributed by atoms with Gasteiger partial charge in [-0.25, -0.2) is 4.98 Å². The molecular weight excluding hydrogens is 328 g/mol. The van der Waals surface area contributed by atoms with Crippen molar-refractivity contribution in [1.82, 2.24) is 9.55 Å². The first-order valence-electron chi connectivity index (χ1n) is 5.48. The number of imidazole rings is 1. The lowest BCUT2D eigenvalue weighted by Crippen LogP contribution is -2.03. The molecule has 102 valence electrons. The molecular formula is C13H15BrN2O2S. The van der Waals surface area contributed by atoms with Crippen molar-refractivity contribution in [3.63, 3.8) is 0 Å². The lowest BCUT2D eigenvalue weighted by atomic mass is 10.1. The second kappa shape index (κ2) is 7.35. The summed E-state index contributed by atoms with van der Waals surface area (Å²) in [4.78, 5) is 16.2. The third-order valence-electron chi connectivity index (χ3n) is 2.50. The lowest BCUT2D eigenvalue weighted by Gasteiger charge is -2.04. The van der Waals surface area contributed by atoms with Crippen LogP contribution in [0.1, 0.15) is 10.4 Å². The van der Waals surface area contributed by atoms with Crippen LogP contribution in [0.15, 0.2) is 41.8 Å². The number of ether oxygens (including phenoxy) is 1. The lowest BCUT2D eigenvalue weighted by molar-refractivity contribution is 0.102. The molecule has 1 heterocycles. The molecule has 0 N–H and O–H groups in total. The number of Topliss-reactive ketones (excluding diaryl/α,β-unsaturated/α-hetero) is 1. The van der Waals surface area contributed by atoms with Gasteiger partial charge in [-0.15, -0.1) is 17.0 Å². The second-order valence-electron chi connectivity index (χ2n) is 3.76. The number of nitrogens with zero attached hydrogens (tertiary/aromatic N) is 2. The molecule has 0 radical (unpaired) electrons. The second-order valence-corrected chi connectivity index (χ2v) is 4.71. The minimum absolute atomic E-state index is 0. The highest BCUT2D eigenvalue weighted by atomic mass is 79.9. The fourth-order valence-electron chi connectivity index (χ4n) is 1.50. The van der Waals surface area contributed by atoms with Crippen molar-refractivity contribution < 1.29 is 9.53 Å². The highest BCUT2D eigenvalue weighted by Crippen LogP contribution is 2.18. The van der Waals surface area contributed by atoms with Crippen LogP contribution >= 0.6 is 28.7 Å². The van der Waals surface area contributed by atoms with Crippen molar-refractivity contribution in [2.75, 3.05) is 12.9 Å². The molecule has 0 saturated carbocycles. The Balaban J connectivity index is 0.00000180. The van der Waals surface area contributed by atoms with Gasteiger partial charge in [-0.1, -0.05) is 23.9 Å². The molecule has 0 aliphatic carbocycles. The Morgan fingerprint density at radius 2 is 2.26 bits per heavy atom. The fraction of sp³-hybridized carbons (Fsp3) is 0.231. The third-order valence-corrected chi connectivity index (χ3v) is 3.56. The molecule has 0 saturated heterocycles. The highest BCUT2D eigenvalue weighted by molar-refractivity contribution is 8.93. The van der Waals surface area contributed by atoms with Gasteiger partial charge in [-0.2, -0.15) is 0 Å². The predicted octanol–water partition coefficient (Wildman–Crippen LogP) is 2.98. The number of carbonyl (C=O) groups excluding carboxylic acids is 1. The van der Waals surface area contributed by atoms with Gasteiger partial charge in [-0.3, -0.25) is 4.79 Å². The maximum absolute atomic E-state index is 12.0. The molecule has 4 nitrogen and oxygen atoms in total. The Kier molecular flexibility index (Phi) is 6.11. The van der Waals surface area contributed by atoms with E-state index in [4.69, 9.17) is 4.74 Å². The Labute approximate surface area is 126 Å². The van der Waals surface area contributed by atoms with E-state index in [0.29, 0.717) is 17.1 Å². The molecule has 1 aromatic carbocycles. The van der Waals surface area contributed by atoms with Crippen LogP contribution < -0.4 is 4.74 Å². The fourth-order valence-corrected chi connectivity index (χ4v) is 2.33. The number of aromatic nitrogens is 2. The molecule has 0 spiro atoms. The van der Waals surface area contributed by atoms with Crippen LogP contribution in [0.25, 0.3) is 0 Å². The standard InChI is InChI=1S/C13H14N2O2S.BrH/c1-15-7-6-14-13(15)18-9-12(16)10-4-3-5-11(8-10)17-2;/h3-8H,9H2,1-2H3;1H. The molecule has 0 aliphatic heterocycles. The van der Waals surface area contributed by atoms with Crippen molar-refractivity contribution in [1.29, 1.82) is 0 Å². The van der Waals surface area contributed by atoms with E-state index in [-0.39, 0.29) is 22.8 Å². The first-order chi connectivity index (χ1) is 8.70. The van der Waals surface area contributed by atoms with Crippen LogP contribution in [0, 0.1) is 0 Å². The maximum Gasteiger partial charge on any atom is 0.173 e. The van der Waals surface area contributed by atoms with Crippen molar-refractivity contribution in [2.45, 2.75) is 5.16 Å². The Bertz CT molecular complexity index is 557. The molecule has 19 heavy (non-hydrogen) atoms. The summed E-state index contributed by atoms with van der Waals surface area (Å²) in [5.74, 6) is 1.14. The number of methoxy groups -OCH3 is 1. The van der Waals surface area contributed by atoms with Gasteiger partial charge in [0, 0.05) is 25.0 Å². The van der Waals surface area contributed by atoms with Gasteiger partial charge in [0.15, 0.2) is 10.9 Å². The third kappa shape index (κ3) is 4.11. The van der Waals surface area contributed by atoms with E-state index < -0.39 is 0 Å². The number of carbonyl (C=O) groups is 1. The van der Waals surface area contributed by atoms with E-state index >= 15 is 0 Å². The normalized spacial score (nSPS) is 9.79. The summed E-state index contributed by atoms with van der Waals surface area (Å²) in [7, 11) is 3.50. The summed E-state index contributed by atoms with van der Waals surface area (Å²) in [6.45, 7) is 0. The zero-order chi connectivity index (χ0) is 13.0. The molecule has 6 heteroatoms. The van der Waals surface area contributed by atoms with Crippen LogP contribution in [0.2, 0.25) is 0 Å². The zero-order valence-electron chi connectivity index (χ0n) is 10.7.